The van der Waals surface area contributed by atoms with E-state index in [0.29, 0.717) is 12.0 Å². The second-order valence-electron chi connectivity index (χ2n) is 5.67. The summed E-state index contributed by atoms with van der Waals surface area (Å²) < 4.78 is 56.5. The van der Waals surface area contributed by atoms with E-state index in [-0.39, 0.29) is 12.3 Å². The molecule has 1 unspecified atom stereocenters. The van der Waals surface area contributed by atoms with Crippen LogP contribution in [0.25, 0.3) is 0 Å². The minimum Gasteiger partial charge on any atom is -0.199 e. The fourth-order valence-corrected chi connectivity index (χ4v) is 2.21. The summed E-state index contributed by atoms with van der Waals surface area (Å²) in [5.41, 5.74) is 0.0396. The van der Waals surface area contributed by atoms with Crippen molar-refractivity contribution in [3.8, 4) is 0 Å². The van der Waals surface area contributed by atoms with Crippen molar-refractivity contribution in [1.82, 2.24) is 0 Å². The van der Waals surface area contributed by atoms with Gasteiger partial charge in [-0.1, -0.05) is 52.3 Å². The maximum absolute atomic E-state index is 14.2. The van der Waals surface area contributed by atoms with Gasteiger partial charge < -0.3 is 0 Å². The number of benzene rings is 1. The van der Waals surface area contributed by atoms with Crippen LogP contribution in [0.5, 0.6) is 0 Å². The van der Waals surface area contributed by atoms with E-state index in [1.807, 2.05) is 13.8 Å². The molecule has 0 nitrogen and oxygen atoms in total. The lowest BCUT2D eigenvalue weighted by molar-refractivity contribution is -0.242. The molecule has 0 aromatic heterocycles. The van der Waals surface area contributed by atoms with Gasteiger partial charge >= 0.3 is 11.8 Å². The molecule has 0 fully saturated rings. The van der Waals surface area contributed by atoms with Gasteiger partial charge in [0.2, 0.25) is 0 Å². The molecule has 1 atom stereocenters. The highest BCUT2D eigenvalue weighted by atomic mass is 19.3. The lowest BCUT2D eigenvalue weighted by atomic mass is 9.88. The Kier molecular flexibility index (Phi) is 5.22. The van der Waals surface area contributed by atoms with Crippen molar-refractivity contribution in [2.24, 2.45) is 5.92 Å². The molecule has 4 heteroatoms. The highest BCUT2D eigenvalue weighted by Gasteiger charge is 2.59. The number of hydrogen-bond acceptors (Lipinski definition) is 0. The third-order valence-electron chi connectivity index (χ3n) is 3.68. The van der Waals surface area contributed by atoms with Gasteiger partial charge in [0.05, 0.1) is 0 Å². The second kappa shape index (κ2) is 6.15. The van der Waals surface area contributed by atoms with Gasteiger partial charge in [0.1, 0.15) is 0 Å². The molecule has 0 saturated heterocycles. The van der Waals surface area contributed by atoms with Crippen LogP contribution in [-0.2, 0) is 5.92 Å². The Bertz CT molecular complexity index is 438. The van der Waals surface area contributed by atoms with Gasteiger partial charge in [-0.15, -0.1) is 0 Å². The summed E-state index contributed by atoms with van der Waals surface area (Å²) in [5.74, 6) is -9.52. The van der Waals surface area contributed by atoms with Crippen LogP contribution in [0.15, 0.2) is 24.3 Å². The molecular formula is C16H22F4. The molecule has 1 aromatic carbocycles. The fourth-order valence-electron chi connectivity index (χ4n) is 2.21. The maximum atomic E-state index is 14.2. The van der Waals surface area contributed by atoms with Gasteiger partial charge in [-0.3, -0.25) is 0 Å². The van der Waals surface area contributed by atoms with E-state index in [9.17, 15) is 17.6 Å². The quantitative estimate of drug-likeness (QED) is 0.566. The van der Waals surface area contributed by atoms with E-state index in [0.717, 1.165) is 6.07 Å². The summed E-state index contributed by atoms with van der Waals surface area (Å²) >= 11 is 0. The summed E-state index contributed by atoms with van der Waals surface area (Å²) in [6, 6.07) is 5.37. The molecule has 0 spiro atoms. The Morgan fingerprint density at radius 2 is 1.65 bits per heavy atom. The first kappa shape index (κ1) is 17.0. The summed E-state index contributed by atoms with van der Waals surface area (Å²) in [4.78, 5) is 0. The van der Waals surface area contributed by atoms with Crippen molar-refractivity contribution in [2.75, 3.05) is 0 Å². The van der Waals surface area contributed by atoms with E-state index in [2.05, 4.69) is 0 Å². The molecule has 0 heterocycles. The van der Waals surface area contributed by atoms with Crippen LogP contribution < -0.4 is 0 Å². The molecule has 20 heavy (non-hydrogen) atoms. The normalized spacial score (nSPS) is 14.7. The minimum atomic E-state index is -4.15. The summed E-state index contributed by atoms with van der Waals surface area (Å²) in [6.45, 7) is 6.58. The summed E-state index contributed by atoms with van der Waals surface area (Å²) in [6.07, 6.45) is 0.533. The van der Waals surface area contributed by atoms with Crippen LogP contribution in [0, 0.1) is 5.92 Å². The zero-order valence-corrected chi connectivity index (χ0v) is 12.4. The van der Waals surface area contributed by atoms with E-state index in [1.165, 1.54) is 19.1 Å². The largest absolute Gasteiger partial charge is 0.335 e. The van der Waals surface area contributed by atoms with Crippen LogP contribution in [0.2, 0.25) is 0 Å². The Labute approximate surface area is 118 Å². The number of alkyl halides is 4. The molecule has 0 amide bonds. The zero-order valence-electron chi connectivity index (χ0n) is 12.4. The van der Waals surface area contributed by atoms with Gasteiger partial charge in [0, 0.05) is 11.5 Å². The minimum absolute atomic E-state index is 0.0208. The van der Waals surface area contributed by atoms with E-state index >= 15 is 0 Å². The summed E-state index contributed by atoms with van der Waals surface area (Å²) in [5, 5.41) is 0. The maximum Gasteiger partial charge on any atom is 0.335 e. The number of halogens is 4. The van der Waals surface area contributed by atoms with E-state index in [4.69, 9.17) is 0 Å². The molecule has 1 aromatic rings. The van der Waals surface area contributed by atoms with E-state index in [1.54, 1.807) is 13.0 Å². The lowest BCUT2D eigenvalue weighted by Gasteiger charge is -2.32. The average molecular weight is 290 g/mol. The van der Waals surface area contributed by atoms with Crippen LogP contribution >= 0.6 is 0 Å². The third-order valence-corrected chi connectivity index (χ3v) is 3.68. The highest BCUT2D eigenvalue weighted by Crippen LogP contribution is 2.48. The SMILES string of the molecule is CCCC(C)C(F)(F)C(F)(F)c1cccc(C(C)C)c1. The van der Waals surface area contributed by atoms with Crippen molar-refractivity contribution in [1.29, 1.82) is 0 Å². The molecule has 0 N–H and O–H groups in total. The molecule has 0 saturated carbocycles. The predicted molar refractivity (Wildman–Crippen MR) is 73.4 cm³/mol. The van der Waals surface area contributed by atoms with Crippen molar-refractivity contribution < 1.29 is 17.6 Å². The second-order valence-corrected chi connectivity index (χ2v) is 5.67. The lowest BCUT2D eigenvalue weighted by Crippen LogP contribution is -2.43. The standard InChI is InChI=1S/C16H22F4/c1-5-7-12(4)15(17,18)16(19,20)14-9-6-8-13(10-14)11(2)3/h6,8-12H,5,7H2,1-4H3. The highest BCUT2D eigenvalue weighted by molar-refractivity contribution is 5.30. The average Bonchev–Trinajstić information content (AvgIpc) is 2.38. The van der Waals surface area contributed by atoms with Gasteiger partial charge in [0.25, 0.3) is 0 Å². The first-order valence-electron chi connectivity index (χ1n) is 7.00. The van der Waals surface area contributed by atoms with Crippen LogP contribution in [0.3, 0.4) is 0 Å². The topological polar surface area (TPSA) is 0 Å². The van der Waals surface area contributed by atoms with Gasteiger partial charge in [-0.05, 0) is 24.0 Å². The number of rotatable bonds is 6. The van der Waals surface area contributed by atoms with Crippen molar-refractivity contribution in [3.63, 3.8) is 0 Å². The Balaban J connectivity index is 3.17. The number of hydrogen-bond donors (Lipinski definition) is 0. The smallest absolute Gasteiger partial charge is 0.199 e. The summed E-state index contributed by atoms with van der Waals surface area (Å²) in [7, 11) is 0. The third kappa shape index (κ3) is 3.15. The zero-order chi connectivity index (χ0) is 15.6. The van der Waals surface area contributed by atoms with Crippen LogP contribution in [-0.4, -0.2) is 5.92 Å². The first-order chi connectivity index (χ1) is 9.14. The molecule has 1 rings (SSSR count). The molecule has 114 valence electrons. The molecule has 0 radical (unpaired) electrons. The Morgan fingerprint density at radius 1 is 1.05 bits per heavy atom. The molecule has 0 aliphatic heterocycles. The molecular weight excluding hydrogens is 268 g/mol. The fraction of sp³-hybridized carbons (Fsp3) is 0.625. The van der Waals surface area contributed by atoms with Gasteiger partial charge in [0.15, 0.2) is 0 Å². The van der Waals surface area contributed by atoms with Crippen LogP contribution in [0.4, 0.5) is 17.6 Å². The molecule has 0 aliphatic carbocycles. The molecule has 0 aliphatic rings. The van der Waals surface area contributed by atoms with Crippen molar-refractivity contribution in [2.45, 2.75) is 58.3 Å². The Morgan fingerprint density at radius 3 is 2.15 bits per heavy atom. The van der Waals surface area contributed by atoms with Crippen LogP contribution in [0.1, 0.15) is 57.6 Å². The monoisotopic (exact) mass is 290 g/mol. The molecule has 0 bridgehead atoms. The first-order valence-corrected chi connectivity index (χ1v) is 7.00. The van der Waals surface area contributed by atoms with Crippen molar-refractivity contribution >= 4 is 0 Å². The van der Waals surface area contributed by atoms with E-state index < -0.39 is 23.3 Å². The Hall–Kier alpha value is -1.06. The van der Waals surface area contributed by atoms with Gasteiger partial charge in [-0.25, -0.2) is 0 Å². The van der Waals surface area contributed by atoms with Gasteiger partial charge in [-0.2, -0.15) is 17.6 Å². The predicted octanol–water partition coefficient (Wildman–Crippen LogP) is 5.97. The van der Waals surface area contributed by atoms with Crippen molar-refractivity contribution in [3.05, 3.63) is 35.4 Å².